The van der Waals surface area contributed by atoms with Gasteiger partial charge in [0.15, 0.2) is 0 Å². The molecular formula is C84H74N4Na4O12S4. The molecule has 2 aliphatic heterocycles. The molecule has 3 aromatic heterocycles. The number of hydrogen-bond acceptors (Lipinski definition) is 14. The van der Waals surface area contributed by atoms with Crippen LogP contribution in [-0.2, 0) is 40.5 Å². The van der Waals surface area contributed by atoms with Gasteiger partial charge < -0.3 is 28.2 Å². The number of fused-ring (bicyclic) bond motifs is 48. The van der Waals surface area contributed by atoms with Crippen molar-refractivity contribution in [3.8, 4) is 44.5 Å². The van der Waals surface area contributed by atoms with Crippen LogP contribution in [0.1, 0.15) is 361 Å². The molecule has 7 aromatic rings. The Bertz CT molecular complexity index is 5280. The van der Waals surface area contributed by atoms with Crippen molar-refractivity contribution in [2.45, 2.75) is 268 Å². The van der Waals surface area contributed by atoms with Gasteiger partial charge in [-0.2, -0.15) is 0 Å². The maximum Gasteiger partial charge on any atom is 1.00 e. The van der Waals surface area contributed by atoms with E-state index in [2.05, 4.69) is 58.5 Å². The monoisotopic (exact) mass is 1550 g/mol. The van der Waals surface area contributed by atoms with E-state index < -0.39 is 40.5 Å². The summed E-state index contributed by atoms with van der Waals surface area (Å²) in [5.74, 6) is -0.986. The van der Waals surface area contributed by atoms with Crippen LogP contribution < -0.4 is 118 Å². The van der Waals surface area contributed by atoms with Crippen molar-refractivity contribution in [3.05, 3.63) is 136 Å². The van der Waals surface area contributed by atoms with Gasteiger partial charge in [0.05, 0.1) is 42.4 Å². The Hall–Kier alpha value is -2.88. The molecule has 2 N–H and O–H groups in total. The van der Waals surface area contributed by atoms with Gasteiger partial charge >= 0.3 is 118 Å². The van der Waals surface area contributed by atoms with Crippen molar-refractivity contribution in [3.63, 3.8) is 0 Å². The zero-order chi connectivity index (χ0) is 69.5. The van der Waals surface area contributed by atoms with Crippen molar-refractivity contribution < 1.29 is 170 Å². The number of nitrogens with zero attached hydrogens (tertiary/aromatic N) is 2. The summed E-state index contributed by atoms with van der Waals surface area (Å²) in [4.78, 5) is 20.5. The Kier molecular flexibility index (Phi) is 16.4. The third-order valence-corrected chi connectivity index (χ3v) is 34.9. The Balaban J connectivity index is 0.00000186. The van der Waals surface area contributed by atoms with Gasteiger partial charge in [-0.15, -0.1) is 0 Å². The van der Waals surface area contributed by atoms with Crippen molar-refractivity contribution in [2.75, 3.05) is 0 Å². The first-order chi connectivity index (χ1) is 50.1. The van der Waals surface area contributed by atoms with Crippen LogP contribution in [0.25, 0.3) is 90.9 Å². The van der Waals surface area contributed by atoms with Crippen molar-refractivity contribution in [2.24, 2.45) is 0 Å². The molecule has 24 heteroatoms. The molecule has 5 heterocycles. The maximum absolute atomic E-state index is 14.2. The predicted molar refractivity (Wildman–Crippen MR) is 387 cm³/mol. The SMILES string of the molecule is O=S(=O)([O-])c1c2c(c(-c3c4nc(c(-c5c6c(c(S(=O)(=O)[O-])c7c5[C@H]5CC[C@@H]7C5)[C@@H]5CC[C@H]6C5)c5ccc([nH]5)c(-c5c6c(c(S(=O)(=O)[O-])c7c5[C@H]5CC[C@@H]7C5)[C@@H]5CC[C@H]6C5)c5nc(c(-c6c7c(c(S(=O)(=O)[O-])c8c6[C@H]6CC[C@@H]8C6)[C@@H]6CC[C@H]7C6)c6ccc3[nH]6)C=C5)C=C4)c3c1[C@@H]1CC[C@H]3C1)[C@H]1CC[C@@H]2C1.[Na+].[Na+].[Na+].[Na+]. The predicted octanol–water partition coefficient (Wildman–Crippen LogP) is 5.87. The van der Waals surface area contributed by atoms with Crippen LogP contribution in [0.2, 0.25) is 0 Å². The third kappa shape index (κ3) is 9.46. The van der Waals surface area contributed by atoms with E-state index in [0.29, 0.717) is 67.3 Å². The fourth-order valence-electron chi connectivity index (χ4n) is 28.3. The van der Waals surface area contributed by atoms with Crippen LogP contribution in [-0.4, -0.2) is 71.8 Å². The van der Waals surface area contributed by atoms with E-state index in [1.54, 1.807) is 0 Å². The molecule has 0 radical (unpaired) electrons. The second kappa shape index (κ2) is 24.4. The van der Waals surface area contributed by atoms with Crippen LogP contribution >= 0.6 is 0 Å². The standard InChI is InChI=1S/C84H78N4O12S4.4Na/c89-101(90,91)81-65-41-9-1-33(25-41)57(65)77(58-34-2-10-42(26-34)66(58)81)73-49-17-19-51(85-49)74(78-59-35-3-11-43(27-35)67(59)82(102(92,93)94)68-44-12-4-36(28-44)60(68)78)53-21-23-55(87-53)76(80-63-39-7-15-47(31-39)71(63)84(104(98,99)100)72-48-16-8-40(32-48)64(72)80)56-24-22-54(88-56)75(52-20-18-50(73)86-52)79-61-37-5-13-45(29-37)69(61)83(103(95,96)97)70-46-14-6-38(30-46)62(70)79;;;;/h17-24,33-48,85,88H,1-16,25-32H2,(H,89,90,91)(H,92,93,94)(H,95,96,97)(H,98,99,100);;;;/q;4*+1/p-4/t33-,34-,35-,36-,37-,38-,39-,40-,41+,42+,43+,44+,45+,46+,47+,48+;;;;/m0..../s1. The summed E-state index contributed by atoms with van der Waals surface area (Å²) < 4.78 is 171. The molecule has 25 rings (SSSR count). The molecule has 16 atom stereocenters. The average molecular weight is 1550 g/mol. The third-order valence-electron chi connectivity index (χ3n) is 31.2. The number of rotatable bonds is 8. The summed E-state index contributed by atoms with van der Waals surface area (Å²) in [6, 6.07) is 8.52. The molecule has 0 spiro atoms. The van der Waals surface area contributed by atoms with Gasteiger partial charge in [0, 0.05) is 44.3 Å². The average Bonchev–Trinajstić information content (AvgIpc) is 1.53. The second-order valence-corrected chi connectivity index (χ2v) is 40.7. The van der Waals surface area contributed by atoms with Crippen LogP contribution in [0, 0.1) is 0 Å². The molecule has 0 amide bonds. The van der Waals surface area contributed by atoms with Gasteiger partial charge in [-0.3, -0.25) is 0 Å². The molecule has 16 aliphatic carbocycles. The minimum atomic E-state index is -4.95. The number of benzene rings is 4. The first-order valence-corrected chi connectivity index (χ1v) is 44.7. The second-order valence-electron chi connectivity index (χ2n) is 35.4. The smallest absolute Gasteiger partial charge is 0.744 e. The van der Waals surface area contributed by atoms with E-state index in [1.807, 2.05) is 0 Å². The first-order valence-electron chi connectivity index (χ1n) is 39.0. The quantitative estimate of drug-likeness (QED) is 0.133. The molecule has 24 bridgehead atoms. The Morgan fingerprint density at radius 2 is 0.370 bits per heavy atom. The summed E-state index contributed by atoms with van der Waals surface area (Å²) in [5, 5.41) is 0. The van der Waals surface area contributed by atoms with Crippen LogP contribution in [0.15, 0.2) is 43.8 Å². The molecule has 0 saturated heterocycles. The molecule has 0 unspecified atom stereocenters. The van der Waals surface area contributed by atoms with Gasteiger partial charge in [-0.25, -0.2) is 43.6 Å². The Morgan fingerprint density at radius 1 is 0.231 bits per heavy atom. The number of nitrogens with one attached hydrogen (secondary N) is 2. The minimum absolute atomic E-state index is 0. The normalized spacial score (nSPS) is 30.6. The summed E-state index contributed by atoms with van der Waals surface area (Å²) in [7, 11) is -19.8. The van der Waals surface area contributed by atoms with E-state index >= 15 is 0 Å². The fraction of sp³-hybridized carbons (Fsp3) is 0.476. The van der Waals surface area contributed by atoms with Gasteiger partial charge in [0.1, 0.15) is 40.5 Å². The number of aromatic amines is 2. The molecule has 4 aromatic carbocycles. The van der Waals surface area contributed by atoms with Crippen LogP contribution in [0.4, 0.5) is 0 Å². The van der Waals surface area contributed by atoms with Crippen LogP contribution in [0.5, 0.6) is 0 Å². The summed E-state index contributed by atoms with van der Waals surface area (Å²) in [6.45, 7) is 0. The van der Waals surface area contributed by atoms with E-state index in [9.17, 15) is 51.9 Å². The van der Waals surface area contributed by atoms with E-state index in [4.69, 9.17) is 9.97 Å². The number of hydrogen-bond donors (Lipinski definition) is 2. The number of H-pyrrole nitrogens is 2. The topological polar surface area (TPSA) is 286 Å². The summed E-state index contributed by atoms with van der Waals surface area (Å²) in [6.07, 6.45) is 27.3. The minimum Gasteiger partial charge on any atom is -0.744 e. The van der Waals surface area contributed by atoms with E-state index in [1.165, 1.54) is 0 Å². The van der Waals surface area contributed by atoms with Crippen LogP contribution in [0.3, 0.4) is 0 Å². The molecular weight excluding hydrogens is 1480 g/mol. The van der Waals surface area contributed by atoms with Crippen molar-refractivity contribution >= 4 is 86.8 Å². The molecule has 18 aliphatic rings. The van der Waals surface area contributed by atoms with Gasteiger partial charge in [0.2, 0.25) is 0 Å². The zero-order valence-electron chi connectivity index (χ0n) is 61.3. The van der Waals surface area contributed by atoms with Crippen molar-refractivity contribution in [1.29, 1.82) is 0 Å². The van der Waals surface area contributed by atoms with Gasteiger partial charge in [-0.05, 0) is 409 Å². The summed E-state index contributed by atoms with van der Waals surface area (Å²) in [5.41, 5.74) is 25.5. The maximum atomic E-state index is 14.2. The molecule has 108 heavy (non-hydrogen) atoms. The summed E-state index contributed by atoms with van der Waals surface area (Å²) >= 11 is 0. The molecule has 8 saturated carbocycles. The molecule has 8 fully saturated rings. The first kappa shape index (κ1) is 72.8. The zero-order valence-corrected chi connectivity index (χ0v) is 72.5. The van der Waals surface area contributed by atoms with Gasteiger partial charge in [0.25, 0.3) is 0 Å². The molecule has 530 valence electrons. The number of aromatic nitrogens is 4. The van der Waals surface area contributed by atoms with Crippen molar-refractivity contribution in [1.82, 2.24) is 19.9 Å². The Morgan fingerprint density at radius 3 is 0.509 bits per heavy atom. The largest absolute Gasteiger partial charge is 1.00 e. The fourth-order valence-corrected chi connectivity index (χ4v) is 32.7. The van der Waals surface area contributed by atoms with E-state index in [0.717, 1.165) is 265 Å². The Labute approximate surface area is 717 Å². The van der Waals surface area contributed by atoms with E-state index in [-0.39, 0.29) is 232 Å². The van der Waals surface area contributed by atoms with Gasteiger partial charge in [-0.1, -0.05) is 0 Å². The molecule has 16 nitrogen and oxygen atoms in total.